The van der Waals surface area contributed by atoms with Crippen molar-refractivity contribution in [1.29, 1.82) is 0 Å². The van der Waals surface area contributed by atoms with E-state index in [-0.39, 0.29) is 17.7 Å². The molecule has 9 heteroatoms. The van der Waals surface area contributed by atoms with E-state index in [1.807, 2.05) is 30.3 Å². The number of hydrogen-bond acceptors (Lipinski definition) is 6. The smallest absolute Gasteiger partial charge is 0.252 e. The van der Waals surface area contributed by atoms with Gasteiger partial charge in [-0.2, -0.15) is 0 Å². The highest BCUT2D eigenvalue weighted by molar-refractivity contribution is 6.00. The van der Waals surface area contributed by atoms with Crippen LogP contribution < -0.4 is 20.7 Å². The van der Waals surface area contributed by atoms with Crippen molar-refractivity contribution >= 4 is 17.7 Å². The van der Waals surface area contributed by atoms with Crippen molar-refractivity contribution in [3.63, 3.8) is 0 Å². The minimum Gasteiger partial charge on any atom is -0.494 e. The van der Waals surface area contributed by atoms with Crippen LogP contribution in [0.5, 0.6) is 5.75 Å². The number of nitrogens with one attached hydrogen (secondary N) is 3. The molecule has 0 unspecified atom stereocenters. The third-order valence-electron chi connectivity index (χ3n) is 10.2. The maximum atomic E-state index is 14.0. The summed E-state index contributed by atoms with van der Waals surface area (Å²) in [6, 6.07) is 16.1. The lowest BCUT2D eigenvalue weighted by Crippen LogP contribution is -2.61. The number of amides is 3. The molecule has 1 aliphatic carbocycles. The molecule has 3 amide bonds. The van der Waals surface area contributed by atoms with Crippen molar-refractivity contribution in [1.82, 2.24) is 20.9 Å². The Bertz CT molecular complexity index is 1270. The Balaban J connectivity index is 1.18. The number of rotatable bonds is 15. The van der Waals surface area contributed by atoms with Gasteiger partial charge in [0.1, 0.15) is 17.3 Å². The van der Waals surface area contributed by atoms with E-state index in [1.165, 1.54) is 0 Å². The molecule has 2 aromatic carbocycles. The lowest BCUT2D eigenvalue weighted by Gasteiger charge is -2.35. The molecular formula is C38H54N4O5. The van der Waals surface area contributed by atoms with Gasteiger partial charge < -0.3 is 30.3 Å². The van der Waals surface area contributed by atoms with Crippen molar-refractivity contribution in [2.75, 3.05) is 46.0 Å². The lowest BCUT2D eigenvalue weighted by molar-refractivity contribution is -0.132. The van der Waals surface area contributed by atoms with Crippen LogP contribution in [0.4, 0.5) is 0 Å². The second kappa shape index (κ2) is 17.6. The zero-order valence-electron chi connectivity index (χ0n) is 28.1. The van der Waals surface area contributed by atoms with E-state index < -0.39 is 11.6 Å². The predicted octanol–water partition coefficient (Wildman–Crippen LogP) is 4.89. The van der Waals surface area contributed by atoms with Gasteiger partial charge in [0, 0.05) is 38.3 Å². The van der Waals surface area contributed by atoms with Crippen molar-refractivity contribution in [2.24, 2.45) is 11.8 Å². The molecule has 2 heterocycles. The normalized spacial score (nSPS) is 19.5. The van der Waals surface area contributed by atoms with Gasteiger partial charge in [0.25, 0.3) is 5.91 Å². The summed E-state index contributed by atoms with van der Waals surface area (Å²) in [6.07, 6.45) is 9.56. The molecular weight excluding hydrogens is 592 g/mol. The summed E-state index contributed by atoms with van der Waals surface area (Å²) in [5, 5.41) is 9.33. The van der Waals surface area contributed by atoms with Gasteiger partial charge >= 0.3 is 0 Å². The van der Waals surface area contributed by atoms with Crippen LogP contribution in [0, 0.1) is 11.8 Å². The molecule has 9 nitrogen and oxygen atoms in total. The largest absolute Gasteiger partial charge is 0.494 e. The van der Waals surface area contributed by atoms with Crippen molar-refractivity contribution in [3.05, 3.63) is 65.7 Å². The van der Waals surface area contributed by atoms with Gasteiger partial charge in [0.15, 0.2) is 0 Å². The summed E-state index contributed by atoms with van der Waals surface area (Å²) in [5.41, 5.74) is 0.393. The molecule has 256 valence electrons. The number of benzene rings is 2. The zero-order valence-corrected chi connectivity index (χ0v) is 28.1. The average molecular weight is 647 g/mol. The van der Waals surface area contributed by atoms with Gasteiger partial charge in [0.2, 0.25) is 11.8 Å². The second-order valence-electron chi connectivity index (χ2n) is 13.7. The fourth-order valence-electron chi connectivity index (χ4n) is 7.10. The number of hydrogen-bond donors (Lipinski definition) is 3. The third kappa shape index (κ3) is 10.3. The molecule has 3 N–H and O–H groups in total. The van der Waals surface area contributed by atoms with E-state index in [2.05, 4.69) is 27.8 Å². The van der Waals surface area contributed by atoms with Crippen LogP contribution in [0.15, 0.2) is 54.6 Å². The Morgan fingerprint density at radius 3 is 2.32 bits per heavy atom. The molecule has 2 aliphatic heterocycles. The van der Waals surface area contributed by atoms with Gasteiger partial charge in [0.05, 0.1) is 6.61 Å². The lowest BCUT2D eigenvalue weighted by atomic mass is 9.93. The second-order valence-corrected chi connectivity index (χ2v) is 13.7. The fraction of sp³-hybridized carbons (Fsp3) is 0.605. The molecule has 47 heavy (non-hydrogen) atoms. The van der Waals surface area contributed by atoms with Crippen molar-refractivity contribution in [2.45, 2.75) is 89.1 Å². The topological polar surface area (TPSA) is 109 Å². The van der Waals surface area contributed by atoms with Gasteiger partial charge in [-0.05, 0) is 99.7 Å². The summed E-state index contributed by atoms with van der Waals surface area (Å²) in [6.45, 7) is 8.36. The van der Waals surface area contributed by atoms with E-state index in [0.717, 1.165) is 101 Å². The summed E-state index contributed by atoms with van der Waals surface area (Å²) < 4.78 is 11.3. The van der Waals surface area contributed by atoms with Gasteiger partial charge in [-0.15, -0.1) is 0 Å². The Kier molecular flexibility index (Phi) is 13.1. The average Bonchev–Trinajstić information content (AvgIpc) is 3.58. The first-order valence-corrected chi connectivity index (χ1v) is 17.9. The van der Waals surface area contributed by atoms with Gasteiger partial charge in [-0.3, -0.25) is 14.4 Å². The molecule has 2 saturated heterocycles. The number of piperidine rings is 1. The minimum atomic E-state index is -1.06. The van der Waals surface area contributed by atoms with E-state index in [1.54, 1.807) is 24.3 Å². The Morgan fingerprint density at radius 2 is 1.64 bits per heavy atom. The summed E-state index contributed by atoms with van der Waals surface area (Å²) in [5.74, 6) is 1.10. The number of likely N-dealkylation sites (tertiary alicyclic amines) is 1. The van der Waals surface area contributed by atoms with Crippen molar-refractivity contribution in [3.8, 4) is 5.75 Å². The SMILES string of the molecule is CCCCOc1ccc(C(=O)NC2(C(=O)N[C@H](Cc3ccccc3)C(=O)NCC3CCN(CC4CCOCC4)CC3)CCCC2)cc1. The van der Waals surface area contributed by atoms with Crippen LogP contribution in [0.3, 0.4) is 0 Å². The zero-order chi connectivity index (χ0) is 32.9. The molecule has 0 radical (unpaired) electrons. The first kappa shape index (κ1) is 34.9. The molecule has 1 atom stereocenters. The third-order valence-corrected chi connectivity index (χ3v) is 10.2. The minimum absolute atomic E-state index is 0.176. The van der Waals surface area contributed by atoms with Crippen LogP contribution in [0.25, 0.3) is 0 Å². The fourth-order valence-corrected chi connectivity index (χ4v) is 7.10. The summed E-state index contributed by atoms with van der Waals surface area (Å²) in [4.78, 5) is 43.7. The molecule has 0 aromatic heterocycles. The van der Waals surface area contributed by atoms with E-state index >= 15 is 0 Å². The Labute approximate surface area is 280 Å². The van der Waals surface area contributed by atoms with E-state index in [9.17, 15) is 14.4 Å². The first-order chi connectivity index (χ1) is 22.9. The predicted molar refractivity (Wildman–Crippen MR) is 183 cm³/mol. The Morgan fingerprint density at radius 1 is 0.936 bits per heavy atom. The number of unbranched alkanes of at least 4 members (excludes halogenated alkanes) is 1. The van der Waals surface area contributed by atoms with Crippen LogP contribution >= 0.6 is 0 Å². The molecule has 3 fully saturated rings. The molecule has 2 aromatic rings. The number of ether oxygens (including phenoxy) is 2. The van der Waals surface area contributed by atoms with Crippen LogP contribution in [-0.2, 0) is 20.7 Å². The number of carbonyl (C=O) groups excluding carboxylic acids is 3. The highest BCUT2D eigenvalue weighted by Gasteiger charge is 2.44. The van der Waals surface area contributed by atoms with Crippen molar-refractivity contribution < 1.29 is 23.9 Å². The molecule has 0 bridgehead atoms. The first-order valence-electron chi connectivity index (χ1n) is 17.9. The highest BCUT2D eigenvalue weighted by Crippen LogP contribution is 2.31. The van der Waals surface area contributed by atoms with Crippen LogP contribution in [0.1, 0.15) is 87.1 Å². The standard InChI is InChI=1S/C38H54N4O5/c1-2-3-23-47-33-13-11-32(12-14-33)35(43)41-38(19-7-8-20-38)37(45)40-34(26-29-9-5-4-6-10-29)36(44)39-27-30-15-21-42(22-16-30)28-31-17-24-46-25-18-31/h4-6,9-14,30-31,34H,2-3,7-8,15-28H2,1H3,(H,39,44)(H,40,45)(H,41,43)/t34-/m1/s1. The van der Waals surface area contributed by atoms with E-state index in [4.69, 9.17) is 9.47 Å². The maximum Gasteiger partial charge on any atom is 0.252 e. The highest BCUT2D eigenvalue weighted by atomic mass is 16.5. The maximum absolute atomic E-state index is 14.0. The van der Waals surface area contributed by atoms with Gasteiger partial charge in [-0.25, -0.2) is 0 Å². The molecule has 1 saturated carbocycles. The van der Waals surface area contributed by atoms with Crippen LogP contribution in [0.2, 0.25) is 0 Å². The summed E-state index contributed by atoms with van der Waals surface area (Å²) in [7, 11) is 0. The number of carbonyl (C=O) groups is 3. The van der Waals surface area contributed by atoms with E-state index in [0.29, 0.717) is 43.9 Å². The number of nitrogens with zero attached hydrogens (tertiary/aromatic N) is 1. The summed E-state index contributed by atoms with van der Waals surface area (Å²) >= 11 is 0. The molecule has 5 rings (SSSR count). The monoisotopic (exact) mass is 646 g/mol. The molecule has 3 aliphatic rings. The Hall–Kier alpha value is -3.43. The van der Waals surface area contributed by atoms with Crippen LogP contribution in [-0.4, -0.2) is 80.2 Å². The van der Waals surface area contributed by atoms with Gasteiger partial charge in [-0.1, -0.05) is 56.5 Å². The quantitative estimate of drug-likeness (QED) is 0.238. The molecule has 0 spiro atoms.